The van der Waals surface area contributed by atoms with Crippen molar-refractivity contribution in [2.24, 2.45) is 11.5 Å². The summed E-state index contributed by atoms with van der Waals surface area (Å²) < 4.78 is 45.0. The van der Waals surface area contributed by atoms with E-state index in [4.69, 9.17) is 11.5 Å². The van der Waals surface area contributed by atoms with Crippen LogP contribution in [0.1, 0.15) is 31.2 Å². The Bertz CT molecular complexity index is 1690. The zero-order chi connectivity index (χ0) is 30.4. The monoisotopic (exact) mass is 610 g/mol. The van der Waals surface area contributed by atoms with Crippen molar-refractivity contribution >= 4 is 21.1 Å². The summed E-state index contributed by atoms with van der Waals surface area (Å²) in [5, 5.41) is 3.80. The van der Waals surface area contributed by atoms with E-state index in [0.717, 1.165) is 57.2 Å². The van der Waals surface area contributed by atoms with Gasteiger partial charge < -0.3 is 21.8 Å². The van der Waals surface area contributed by atoms with E-state index in [1.54, 1.807) is 12.3 Å². The smallest absolute Gasteiger partial charge is 0.339 e. The number of piperidine rings is 1. The highest BCUT2D eigenvalue weighted by Gasteiger charge is 2.23. The molecule has 1 saturated heterocycles. The number of hydrogen-bond acceptors (Lipinski definition) is 8. The number of benzene rings is 2. The first-order valence-electron chi connectivity index (χ1n) is 14.6. The van der Waals surface area contributed by atoms with Crippen LogP contribution in [0.2, 0.25) is 0 Å². The van der Waals surface area contributed by atoms with Crippen LogP contribution in [-0.2, 0) is 16.6 Å². The Morgan fingerprint density at radius 1 is 1.02 bits per heavy atom. The van der Waals surface area contributed by atoms with Gasteiger partial charge in [0.15, 0.2) is 0 Å². The van der Waals surface area contributed by atoms with Crippen LogP contribution in [0.4, 0.5) is 4.39 Å². The lowest BCUT2D eigenvalue weighted by atomic mass is 10.1. The van der Waals surface area contributed by atoms with Crippen molar-refractivity contribution in [2.45, 2.75) is 43.2 Å². The highest BCUT2D eigenvalue weighted by atomic mass is 32.2. The van der Waals surface area contributed by atoms with E-state index in [0.29, 0.717) is 48.3 Å². The number of rotatable bonds is 13. The van der Waals surface area contributed by atoms with Crippen LogP contribution < -0.4 is 27.2 Å². The van der Waals surface area contributed by atoms with Gasteiger partial charge in [-0.1, -0.05) is 12.1 Å². The van der Waals surface area contributed by atoms with Crippen molar-refractivity contribution in [2.75, 3.05) is 39.3 Å². The van der Waals surface area contributed by atoms with Gasteiger partial charge in [0.05, 0.1) is 16.3 Å². The molecule has 5 rings (SSSR count). The average molecular weight is 611 g/mol. The fourth-order valence-electron chi connectivity index (χ4n) is 5.35. The molecule has 230 valence electrons. The molecule has 11 nitrogen and oxygen atoms in total. The summed E-state index contributed by atoms with van der Waals surface area (Å²) in [5.41, 5.74) is 13.5. The molecule has 0 atom stereocenters. The maximum absolute atomic E-state index is 15.2. The highest BCUT2D eigenvalue weighted by molar-refractivity contribution is 7.89. The molecule has 43 heavy (non-hydrogen) atoms. The lowest BCUT2D eigenvalue weighted by Crippen LogP contribution is -2.42. The summed E-state index contributed by atoms with van der Waals surface area (Å²) in [4.78, 5) is 22.3. The first-order chi connectivity index (χ1) is 20.8. The maximum atomic E-state index is 15.2. The average Bonchev–Trinajstić information content (AvgIpc) is 3.41. The largest absolute Gasteiger partial charge is 0.354 e. The third kappa shape index (κ3) is 7.55. The van der Waals surface area contributed by atoms with Crippen molar-refractivity contribution in [3.8, 4) is 16.9 Å². The number of H-pyrrole nitrogens is 1. The molecule has 2 aromatic carbocycles. The standard InChI is InChI=1S/C30H39FN8O3S/c31-27-18-25(43(41,42)37-23-9-13-34-14-10-23)7-8-26(27)28-17-22-20-39(30(40)36-29(22)35-28)24-5-3-21(4-6-24)19-38(15-1-11-32)16-2-12-33/h3-8,17-18,20,23,34,37H,1-2,9-16,19,32-33H2,(H,35,36,40). The molecule has 7 N–H and O–H groups in total. The number of aromatic amines is 1. The Kier molecular flexibility index (Phi) is 10.0. The second-order valence-electron chi connectivity index (χ2n) is 10.9. The molecule has 0 radical (unpaired) electrons. The Morgan fingerprint density at radius 3 is 2.37 bits per heavy atom. The Morgan fingerprint density at radius 2 is 1.72 bits per heavy atom. The van der Waals surface area contributed by atoms with E-state index < -0.39 is 21.5 Å². The van der Waals surface area contributed by atoms with Crippen LogP contribution >= 0.6 is 0 Å². The minimum Gasteiger partial charge on any atom is -0.339 e. The fraction of sp³-hybridized carbons (Fsp3) is 0.400. The normalized spacial score (nSPS) is 14.6. The van der Waals surface area contributed by atoms with Gasteiger partial charge in [-0.15, -0.1) is 0 Å². The van der Waals surface area contributed by atoms with E-state index in [2.05, 4.69) is 24.9 Å². The Hall–Kier alpha value is -3.46. The number of nitrogens with one attached hydrogen (secondary N) is 3. The molecular formula is C30H39FN8O3S. The Labute approximate surface area is 250 Å². The van der Waals surface area contributed by atoms with Gasteiger partial charge >= 0.3 is 5.69 Å². The van der Waals surface area contributed by atoms with Gasteiger partial charge in [-0.3, -0.25) is 9.47 Å². The minimum atomic E-state index is -3.86. The summed E-state index contributed by atoms with van der Waals surface area (Å²) in [5.74, 6) is -0.697. The molecule has 2 aromatic heterocycles. The number of fused-ring (bicyclic) bond motifs is 1. The summed E-state index contributed by atoms with van der Waals surface area (Å²) in [6.45, 7) is 5.27. The second-order valence-corrected chi connectivity index (χ2v) is 12.6. The molecule has 3 heterocycles. The van der Waals surface area contributed by atoms with Crippen LogP contribution in [0.15, 0.2) is 64.4 Å². The molecule has 1 aliphatic heterocycles. The van der Waals surface area contributed by atoms with Gasteiger partial charge in [-0.2, -0.15) is 4.98 Å². The van der Waals surface area contributed by atoms with Crippen LogP contribution in [0.25, 0.3) is 28.0 Å². The Balaban J connectivity index is 1.34. The topological polar surface area (TPSA) is 164 Å². The summed E-state index contributed by atoms with van der Waals surface area (Å²) in [7, 11) is -3.86. The molecule has 13 heteroatoms. The third-order valence-electron chi connectivity index (χ3n) is 7.69. The summed E-state index contributed by atoms with van der Waals surface area (Å²) in [6, 6.07) is 13.0. The van der Waals surface area contributed by atoms with Crippen molar-refractivity contribution in [3.05, 3.63) is 76.6 Å². The SMILES string of the molecule is NCCCN(CCCN)Cc1ccc(-n2cc3cc(-c4ccc(S(=O)(=O)NC5CCNCC5)cc4F)[nH]c3nc2=O)cc1. The van der Waals surface area contributed by atoms with E-state index in [1.807, 2.05) is 24.3 Å². The van der Waals surface area contributed by atoms with Crippen LogP contribution in [0, 0.1) is 5.82 Å². The predicted octanol–water partition coefficient (Wildman–Crippen LogP) is 2.05. The van der Waals surface area contributed by atoms with E-state index in [1.165, 1.54) is 16.7 Å². The fourth-order valence-corrected chi connectivity index (χ4v) is 6.67. The lowest BCUT2D eigenvalue weighted by molar-refractivity contribution is 0.262. The van der Waals surface area contributed by atoms with E-state index >= 15 is 4.39 Å². The molecule has 0 aliphatic carbocycles. The molecule has 0 saturated carbocycles. The molecule has 0 bridgehead atoms. The number of aromatic nitrogens is 3. The van der Waals surface area contributed by atoms with Gasteiger partial charge in [-0.05, 0) is 107 Å². The summed E-state index contributed by atoms with van der Waals surface area (Å²) >= 11 is 0. The molecule has 1 fully saturated rings. The van der Waals surface area contributed by atoms with Gasteiger partial charge in [0.1, 0.15) is 11.5 Å². The number of nitrogens with two attached hydrogens (primary N) is 2. The maximum Gasteiger partial charge on any atom is 0.354 e. The molecule has 0 unspecified atom stereocenters. The van der Waals surface area contributed by atoms with Gasteiger partial charge in [0.2, 0.25) is 10.0 Å². The zero-order valence-corrected chi connectivity index (χ0v) is 24.9. The predicted molar refractivity (Wildman–Crippen MR) is 166 cm³/mol. The van der Waals surface area contributed by atoms with Crippen molar-refractivity contribution in [1.29, 1.82) is 0 Å². The number of halogens is 1. The molecule has 0 amide bonds. The molecule has 0 spiro atoms. The number of nitrogens with zero attached hydrogens (tertiary/aromatic N) is 3. The first-order valence-corrected chi connectivity index (χ1v) is 16.1. The van der Waals surface area contributed by atoms with Gasteiger partial charge in [0.25, 0.3) is 0 Å². The van der Waals surface area contributed by atoms with Crippen molar-refractivity contribution < 1.29 is 12.8 Å². The molecular weight excluding hydrogens is 571 g/mol. The summed E-state index contributed by atoms with van der Waals surface area (Å²) in [6.07, 6.45) is 4.83. The van der Waals surface area contributed by atoms with Gasteiger partial charge in [0, 0.05) is 29.7 Å². The number of hydrogen-bond donors (Lipinski definition) is 5. The quantitative estimate of drug-likeness (QED) is 0.154. The highest BCUT2D eigenvalue weighted by Crippen LogP contribution is 2.27. The first kappa shape index (κ1) is 31.0. The van der Waals surface area contributed by atoms with Crippen molar-refractivity contribution in [3.63, 3.8) is 0 Å². The third-order valence-corrected chi connectivity index (χ3v) is 9.21. The van der Waals surface area contributed by atoms with Crippen LogP contribution in [0.5, 0.6) is 0 Å². The van der Waals surface area contributed by atoms with E-state index in [-0.39, 0.29) is 16.5 Å². The zero-order valence-electron chi connectivity index (χ0n) is 24.1. The number of sulfonamides is 1. The van der Waals surface area contributed by atoms with E-state index in [9.17, 15) is 13.2 Å². The van der Waals surface area contributed by atoms with Crippen LogP contribution in [0.3, 0.4) is 0 Å². The molecule has 4 aromatic rings. The van der Waals surface area contributed by atoms with Gasteiger partial charge in [-0.25, -0.2) is 22.3 Å². The minimum absolute atomic E-state index is 0.133. The van der Waals surface area contributed by atoms with Crippen LogP contribution in [-0.4, -0.2) is 73.2 Å². The second kappa shape index (κ2) is 13.9. The molecule has 1 aliphatic rings. The van der Waals surface area contributed by atoms with Crippen molar-refractivity contribution in [1.82, 2.24) is 29.5 Å². The lowest BCUT2D eigenvalue weighted by Gasteiger charge is -2.23.